The van der Waals surface area contributed by atoms with E-state index in [2.05, 4.69) is 16.6 Å². The van der Waals surface area contributed by atoms with E-state index in [1.807, 2.05) is 0 Å². The van der Waals surface area contributed by atoms with Crippen molar-refractivity contribution in [2.45, 2.75) is 69.4 Å². The number of rotatable bonds is 6. The highest BCUT2D eigenvalue weighted by molar-refractivity contribution is 5.88. The predicted octanol–water partition coefficient (Wildman–Crippen LogP) is 3.83. The molecule has 1 heterocycles. The highest BCUT2D eigenvalue weighted by atomic mass is 19.4. The maximum atomic E-state index is 14.4. The second-order valence-electron chi connectivity index (χ2n) is 10.1. The molecule has 0 saturated carbocycles. The van der Waals surface area contributed by atoms with Gasteiger partial charge in [-0.25, -0.2) is 4.39 Å². The summed E-state index contributed by atoms with van der Waals surface area (Å²) in [6.45, 7) is 0.250. The van der Waals surface area contributed by atoms with Crippen LogP contribution in [0.4, 0.5) is 17.6 Å². The first-order chi connectivity index (χ1) is 19.5. The summed E-state index contributed by atoms with van der Waals surface area (Å²) >= 11 is 0. The van der Waals surface area contributed by atoms with Crippen molar-refractivity contribution in [3.63, 3.8) is 0 Å². The highest BCUT2D eigenvalue weighted by Crippen LogP contribution is 2.29. The lowest BCUT2D eigenvalue weighted by atomic mass is 9.99. The minimum atomic E-state index is -4.49. The van der Waals surface area contributed by atoms with E-state index in [0.29, 0.717) is 42.7 Å². The van der Waals surface area contributed by atoms with Crippen molar-refractivity contribution in [2.24, 2.45) is 0 Å². The van der Waals surface area contributed by atoms with Gasteiger partial charge >= 0.3 is 6.18 Å². The van der Waals surface area contributed by atoms with Crippen LogP contribution in [0.1, 0.15) is 48.8 Å². The van der Waals surface area contributed by atoms with E-state index >= 15 is 0 Å². The molecule has 0 spiro atoms. The molecule has 0 aliphatic carbocycles. The normalized spacial score (nSPS) is 20.1. The third-order valence-corrected chi connectivity index (χ3v) is 6.89. The van der Waals surface area contributed by atoms with Crippen LogP contribution in [0, 0.1) is 18.2 Å². The molecule has 11 heteroatoms. The molecule has 2 amide bonds. The van der Waals surface area contributed by atoms with Crippen LogP contribution in [0.25, 0.3) is 0 Å². The first-order valence-corrected chi connectivity index (χ1v) is 13.4. The van der Waals surface area contributed by atoms with Gasteiger partial charge in [0.1, 0.15) is 17.6 Å². The number of alkyl halides is 3. The smallest absolute Gasteiger partial charge is 0.416 e. The van der Waals surface area contributed by atoms with Gasteiger partial charge in [-0.2, -0.15) is 13.2 Å². The molecular formula is C30H35F4N3O4. The first kappa shape index (κ1) is 31.9. The molecule has 2 aromatic carbocycles. The van der Waals surface area contributed by atoms with Crippen LogP contribution >= 0.6 is 0 Å². The van der Waals surface area contributed by atoms with E-state index in [-0.39, 0.29) is 38.3 Å². The van der Waals surface area contributed by atoms with Crippen molar-refractivity contribution in [3.8, 4) is 18.1 Å². The maximum Gasteiger partial charge on any atom is 0.416 e. The molecule has 3 N–H and O–H groups in total. The number of benzene rings is 2. The molecule has 1 aliphatic heterocycles. The van der Waals surface area contributed by atoms with Crippen LogP contribution in [-0.2, 0) is 28.7 Å². The lowest BCUT2D eigenvalue weighted by Gasteiger charge is -2.30. The Morgan fingerprint density at radius 1 is 1.20 bits per heavy atom. The number of aliphatic hydroxyl groups is 1. The van der Waals surface area contributed by atoms with Gasteiger partial charge in [-0.15, -0.1) is 12.3 Å². The van der Waals surface area contributed by atoms with E-state index in [1.165, 1.54) is 36.2 Å². The van der Waals surface area contributed by atoms with Crippen LogP contribution in [0.5, 0.6) is 5.75 Å². The fraction of sp³-hybridized carbons (Fsp3) is 0.467. The largest absolute Gasteiger partial charge is 0.493 e. The number of aliphatic hydroxyl groups excluding tert-OH is 1. The number of terminal acetylenes is 1. The Morgan fingerprint density at radius 3 is 2.71 bits per heavy atom. The maximum absolute atomic E-state index is 14.4. The summed E-state index contributed by atoms with van der Waals surface area (Å²) in [5, 5.41) is 16.8. The van der Waals surface area contributed by atoms with Crippen molar-refractivity contribution in [2.75, 3.05) is 20.2 Å². The van der Waals surface area contributed by atoms with Gasteiger partial charge in [0.05, 0.1) is 24.3 Å². The number of likely N-dealkylation sites (N-methyl/N-ethyl adjacent to an activating group) is 1. The molecule has 2 bridgehead atoms. The van der Waals surface area contributed by atoms with E-state index in [9.17, 15) is 32.3 Å². The average molecular weight is 578 g/mol. The van der Waals surface area contributed by atoms with Gasteiger partial charge in [0.15, 0.2) is 0 Å². The van der Waals surface area contributed by atoms with Gasteiger partial charge in [0.25, 0.3) is 0 Å². The number of carbonyl (C=O) groups is 2. The van der Waals surface area contributed by atoms with Gasteiger partial charge in [-0.3, -0.25) is 9.59 Å². The molecule has 0 fully saturated rings. The minimum Gasteiger partial charge on any atom is -0.493 e. The Kier molecular flexibility index (Phi) is 11.6. The van der Waals surface area contributed by atoms with Gasteiger partial charge in [0.2, 0.25) is 11.8 Å². The summed E-state index contributed by atoms with van der Waals surface area (Å²) in [4.78, 5) is 27.4. The second kappa shape index (κ2) is 14.8. The third kappa shape index (κ3) is 9.76. The molecule has 3 rings (SSSR count). The SMILES string of the molecule is C#CCC1C(=O)NC(C(O)CNCc2cccc(C(F)(F)F)c2)Cc2cc(F)cc(c2)OCCCCCC(=O)N1C. The zero-order chi connectivity index (χ0) is 30.0. The van der Waals surface area contributed by atoms with Crippen LogP contribution in [-0.4, -0.2) is 60.2 Å². The summed E-state index contributed by atoms with van der Waals surface area (Å²) in [6.07, 6.45) is 1.86. The van der Waals surface area contributed by atoms with Gasteiger partial charge in [0, 0.05) is 39.0 Å². The number of nitrogens with one attached hydrogen (secondary N) is 2. The number of ether oxygens (including phenoxy) is 1. The number of nitrogens with zero attached hydrogens (tertiary/aromatic N) is 1. The quantitative estimate of drug-likeness (QED) is 0.359. The molecule has 3 unspecified atom stereocenters. The number of hydrogen-bond donors (Lipinski definition) is 3. The monoisotopic (exact) mass is 577 g/mol. The number of halogens is 4. The Bertz CT molecular complexity index is 1230. The Labute approximate surface area is 237 Å². The van der Waals surface area contributed by atoms with E-state index < -0.39 is 41.7 Å². The predicted molar refractivity (Wildman–Crippen MR) is 145 cm³/mol. The van der Waals surface area contributed by atoms with Crippen LogP contribution in [0.2, 0.25) is 0 Å². The molecule has 3 atom stereocenters. The standard InChI is InChI=1S/C30H35F4N3O4/c1-3-8-26-29(40)36-25(27(38)19-35-18-20-9-7-10-22(13-20)30(32,33)34)16-21-14-23(31)17-24(15-21)41-12-6-4-5-11-28(39)37(26)2/h1,7,9-10,13-15,17,25-27,35,38H,4-6,8,11-12,16,18-19H2,2H3,(H,36,40). The molecular weight excluding hydrogens is 542 g/mol. The summed E-state index contributed by atoms with van der Waals surface area (Å²) in [5.74, 6) is 1.34. The zero-order valence-electron chi connectivity index (χ0n) is 22.8. The summed E-state index contributed by atoms with van der Waals surface area (Å²) in [7, 11) is 1.50. The number of fused-ring (bicyclic) bond motifs is 2. The lowest BCUT2D eigenvalue weighted by molar-refractivity contribution is -0.139. The van der Waals surface area contributed by atoms with Gasteiger partial charge in [-0.1, -0.05) is 18.2 Å². The first-order valence-electron chi connectivity index (χ1n) is 13.4. The second-order valence-corrected chi connectivity index (χ2v) is 10.1. The van der Waals surface area contributed by atoms with Gasteiger partial charge in [-0.05, 0) is 55.0 Å². The molecule has 7 nitrogen and oxygen atoms in total. The van der Waals surface area contributed by atoms with Crippen LogP contribution in [0.3, 0.4) is 0 Å². The highest BCUT2D eigenvalue weighted by Gasteiger charge is 2.31. The topological polar surface area (TPSA) is 90.9 Å². The average Bonchev–Trinajstić information content (AvgIpc) is 2.91. The number of hydrogen-bond acceptors (Lipinski definition) is 5. The van der Waals surface area contributed by atoms with Crippen LogP contribution in [0.15, 0.2) is 42.5 Å². The van der Waals surface area contributed by atoms with Crippen molar-refractivity contribution in [1.29, 1.82) is 0 Å². The third-order valence-electron chi connectivity index (χ3n) is 6.89. The molecule has 0 saturated heterocycles. The molecule has 0 aromatic heterocycles. The Hall–Kier alpha value is -3.62. The fourth-order valence-electron chi connectivity index (χ4n) is 4.61. The Morgan fingerprint density at radius 2 is 1.98 bits per heavy atom. The zero-order valence-corrected chi connectivity index (χ0v) is 22.8. The molecule has 0 radical (unpaired) electrons. The van der Waals surface area contributed by atoms with Crippen molar-refractivity contribution in [1.82, 2.24) is 15.5 Å². The fourth-order valence-corrected chi connectivity index (χ4v) is 4.61. The summed E-state index contributed by atoms with van der Waals surface area (Å²) < 4.78 is 59.3. The van der Waals surface area contributed by atoms with Crippen molar-refractivity contribution < 1.29 is 37.0 Å². The molecule has 2 aromatic rings. The molecule has 222 valence electrons. The van der Waals surface area contributed by atoms with E-state index in [1.54, 1.807) is 6.07 Å². The van der Waals surface area contributed by atoms with Crippen LogP contribution < -0.4 is 15.4 Å². The van der Waals surface area contributed by atoms with E-state index in [4.69, 9.17) is 11.2 Å². The summed E-state index contributed by atoms with van der Waals surface area (Å²) in [5.41, 5.74) is 0.0203. The molecule has 41 heavy (non-hydrogen) atoms. The van der Waals surface area contributed by atoms with Crippen molar-refractivity contribution in [3.05, 3.63) is 65.0 Å². The van der Waals surface area contributed by atoms with Crippen molar-refractivity contribution >= 4 is 11.8 Å². The molecule has 1 aliphatic rings. The lowest BCUT2D eigenvalue weighted by Crippen LogP contribution is -2.55. The Balaban J connectivity index is 1.82. The van der Waals surface area contributed by atoms with E-state index in [0.717, 1.165) is 12.1 Å². The van der Waals surface area contributed by atoms with Gasteiger partial charge < -0.3 is 25.4 Å². The summed E-state index contributed by atoms with van der Waals surface area (Å²) in [6, 6.07) is 7.01. The number of carbonyl (C=O) groups excluding carboxylic acids is 2. The minimum absolute atomic E-state index is 0.00665. The number of amides is 2.